The third-order valence-electron chi connectivity index (χ3n) is 4.28. The van der Waals surface area contributed by atoms with Crippen LogP contribution in [0.3, 0.4) is 0 Å². The van der Waals surface area contributed by atoms with Gasteiger partial charge in [0.25, 0.3) is 0 Å². The molecule has 1 nitrogen and oxygen atoms in total. The molecule has 1 fully saturated rings. The maximum atomic E-state index is 3.75. The van der Waals surface area contributed by atoms with Crippen molar-refractivity contribution in [2.45, 2.75) is 39.2 Å². The van der Waals surface area contributed by atoms with E-state index in [0.717, 1.165) is 11.8 Å². The van der Waals surface area contributed by atoms with Crippen LogP contribution in [0.15, 0.2) is 18.2 Å². The Hall–Kier alpha value is -0.820. The van der Waals surface area contributed by atoms with Crippen molar-refractivity contribution in [2.24, 2.45) is 11.8 Å². The highest BCUT2D eigenvalue weighted by atomic mass is 14.9. The topological polar surface area (TPSA) is 12.0 Å². The van der Waals surface area contributed by atoms with Crippen LogP contribution in [-0.4, -0.2) is 6.54 Å². The highest BCUT2D eigenvalue weighted by molar-refractivity contribution is 5.37. The lowest BCUT2D eigenvalue weighted by atomic mass is 10.1. The van der Waals surface area contributed by atoms with E-state index in [9.17, 15) is 0 Å². The number of hydrogen-bond acceptors (Lipinski definition) is 1. The Kier molecular flexibility index (Phi) is 2.51. The van der Waals surface area contributed by atoms with Gasteiger partial charge in [-0.25, -0.2) is 0 Å². The number of aryl methyl sites for hydroxylation is 2. The zero-order chi connectivity index (χ0) is 11.1. The molecule has 1 aromatic carbocycles. The second-order valence-corrected chi connectivity index (χ2v) is 5.67. The van der Waals surface area contributed by atoms with E-state index in [2.05, 4.69) is 37.4 Å². The quantitative estimate of drug-likeness (QED) is 0.816. The summed E-state index contributed by atoms with van der Waals surface area (Å²) in [4.78, 5) is 0. The first kappa shape index (κ1) is 10.3. The van der Waals surface area contributed by atoms with E-state index >= 15 is 0 Å². The van der Waals surface area contributed by atoms with Crippen molar-refractivity contribution in [3.05, 3.63) is 34.9 Å². The van der Waals surface area contributed by atoms with Gasteiger partial charge in [0.05, 0.1) is 0 Å². The molecule has 0 radical (unpaired) electrons. The van der Waals surface area contributed by atoms with Crippen molar-refractivity contribution in [1.29, 1.82) is 0 Å². The van der Waals surface area contributed by atoms with Crippen LogP contribution in [-0.2, 0) is 6.42 Å². The molecule has 0 spiro atoms. The van der Waals surface area contributed by atoms with E-state index in [1.807, 2.05) is 0 Å². The lowest BCUT2D eigenvalue weighted by Crippen LogP contribution is -2.22. The molecular formula is C15H21N. The smallest absolute Gasteiger partial charge is 0.0326 e. The molecule has 1 aromatic rings. The van der Waals surface area contributed by atoms with Crippen molar-refractivity contribution in [3.63, 3.8) is 0 Å². The number of rotatable bonds is 3. The van der Waals surface area contributed by atoms with Gasteiger partial charge in [-0.15, -0.1) is 0 Å². The standard InChI is InChI=1S/C15H21N/c1-10-3-5-14-12(7-10)4-6-15(14)16-9-13-8-11(13)2/h3,5,7,11,13,15-16H,4,6,8-9H2,1-2H3. The Labute approximate surface area is 98.3 Å². The van der Waals surface area contributed by atoms with Gasteiger partial charge in [-0.3, -0.25) is 0 Å². The summed E-state index contributed by atoms with van der Waals surface area (Å²) in [6, 6.07) is 7.56. The molecule has 0 aromatic heterocycles. The predicted molar refractivity (Wildman–Crippen MR) is 67.5 cm³/mol. The van der Waals surface area contributed by atoms with E-state index < -0.39 is 0 Å². The lowest BCUT2D eigenvalue weighted by molar-refractivity contribution is 0.502. The molecule has 2 aliphatic rings. The van der Waals surface area contributed by atoms with Gasteiger partial charge in [0.2, 0.25) is 0 Å². The Balaban J connectivity index is 1.66. The summed E-state index contributed by atoms with van der Waals surface area (Å²) in [7, 11) is 0. The van der Waals surface area contributed by atoms with E-state index in [-0.39, 0.29) is 0 Å². The van der Waals surface area contributed by atoms with Gasteiger partial charge in [-0.1, -0.05) is 30.7 Å². The Bertz CT molecular complexity index is 396. The Morgan fingerprint density at radius 2 is 2.19 bits per heavy atom. The van der Waals surface area contributed by atoms with Gasteiger partial charge in [0.1, 0.15) is 0 Å². The van der Waals surface area contributed by atoms with Crippen LogP contribution in [0.4, 0.5) is 0 Å². The molecule has 0 amide bonds. The van der Waals surface area contributed by atoms with Gasteiger partial charge < -0.3 is 5.32 Å². The van der Waals surface area contributed by atoms with Crippen LogP contribution in [0.2, 0.25) is 0 Å². The molecule has 1 heteroatoms. The zero-order valence-electron chi connectivity index (χ0n) is 10.3. The monoisotopic (exact) mass is 215 g/mol. The first-order valence-electron chi connectivity index (χ1n) is 6.57. The Morgan fingerprint density at radius 3 is 2.94 bits per heavy atom. The first-order chi connectivity index (χ1) is 7.74. The van der Waals surface area contributed by atoms with Crippen molar-refractivity contribution in [1.82, 2.24) is 5.32 Å². The van der Waals surface area contributed by atoms with Gasteiger partial charge in [-0.05, 0) is 55.7 Å². The second-order valence-electron chi connectivity index (χ2n) is 5.67. The van der Waals surface area contributed by atoms with Crippen LogP contribution in [0, 0.1) is 18.8 Å². The molecule has 2 aliphatic carbocycles. The SMILES string of the molecule is Cc1ccc2c(c1)CCC2NCC1CC1C. The molecule has 3 unspecified atom stereocenters. The summed E-state index contributed by atoms with van der Waals surface area (Å²) >= 11 is 0. The highest BCUT2D eigenvalue weighted by Gasteiger charge is 2.33. The summed E-state index contributed by atoms with van der Waals surface area (Å²) in [5.41, 5.74) is 4.52. The lowest BCUT2D eigenvalue weighted by Gasteiger charge is -2.14. The van der Waals surface area contributed by atoms with E-state index in [1.54, 1.807) is 11.1 Å². The largest absolute Gasteiger partial charge is 0.310 e. The summed E-state index contributed by atoms with van der Waals surface area (Å²) in [5, 5.41) is 3.75. The minimum Gasteiger partial charge on any atom is -0.310 e. The number of benzene rings is 1. The molecule has 1 N–H and O–H groups in total. The van der Waals surface area contributed by atoms with Crippen LogP contribution < -0.4 is 5.32 Å². The normalized spacial score (nSPS) is 31.5. The van der Waals surface area contributed by atoms with E-state index in [0.29, 0.717) is 6.04 Å². The van der Waals surface area contributed by atoms with Gasteiger partial charge in [0.15, 0.2) is 0 Å². The minimum atomic E-state index is 0.628. The van der Waals surface area contributed by atoms with Gasteiger partial charge >= 0.3 is 0 Å². The molecule has 0 heterocycles. The number of nitrogens with one attached hydrogen (secondary N) is 1. The summed E-state index contributed by atoms with van der Waals surface area (Å²) in [6.45, 7) is 5.77. The molecule has 86 valence electrons. The molecule has 16 heavy (non-hydrogen) atoms. The van der Waals surface area contributed by atoms with Gasteiger partial charge in [0, 0.05) is 6.04 Å². The molecule has 0 bridgehead atoms. The Morgan fingerprint density at radius 1 is 1.38 bits per heavy atom. The van der Waals surface area contributed by atoms with E-state index in [1.165, 1.54) is 31.4 Å². The predicted octanol–water partition coefficient (Wildman–Crippen LogP) is 3.23. The van der Waals surface area contributed by atoms with Crippen LogP contribution in [0.25, 0.3) is 0 Å². The average molecular weight is 215 g/mol. The fraction of sp³-hybridized carbons (Fsp3) is 0.600. The van der Waals surface area contributed by atoms with Crippen molar-refractivity contribution in [2.75, 3.05) is 6.54 Å². The van der Waals surface area contributed by atoms with Crippen molar-refractivity contribution >= 4 is 0 Å². The van der Waals surface area contributed by atoms with Crippen molar-refractivity contribution in [3.8, 4) is 0 Å². The maximum absolute atomic E-state index is 3.75. The second kappa shape index (κ2) is 3.89. The van der Waals surface area contributed by atoms with Crippen LogP contribution in [0.1, 0.15) is 42.5 Å². The number of fused-ring (bicyclic) bond motifs is 1. The van der Waals surface area contributed by atoms with Crippen LogP contribution >= 0.6 is 0 Å². The highest BCUT2D eigenvalue weighted by Crippen LogP contribution is 2.38. The summed E-state index contributed by atoms with van der Waals surface area (Å²) in [5.74, 6) is 1.92. The molecule has 3 rings (SSSR count). The third kappa shape index (κ3) is 1.89. The van der Waals surface area contributed by atoms with Crippen LogP contribution in [0.5, 0.6) is 0 Å². The molecule has 1 saturated carbocycles. The number of hydrogen-bond donors (Lipinski definition) is 1. The fourth-order valence-electron chi connectivity index (χ4n) is 2.94. The maximum Gasteiger partial charge on any atom is 0.0326 e. The fourth-order valence-corrected chi connectivity index (χ4v) is 2.94. The molecular weight excluding hydrogens is 194 g/mol. The first-order valence-corrected chi connectivity index (χ1v) is 6.57. The zero-order valence-corrected chi connectivity index (χ0v) is 10.3. The summed E-state index contributed by atoms with van der Waals surface area (Å²) < 4.78 is 0. The average Bonchev–Trinajstić information content (AvgIpc) is 2.83. The molecule has 0 aliphatic heterocycles. The minimum absolute atomic E-state index is 0.628. The summed E-state index contributed by atoms with van der Waals surface area (Å²) in [6.07, 6.45) is 3.98. The van der Waals surface area contributed by atoms with E-state index in [4.69, 9.17) is 0 Å². The van der Waals surface area contributed by atoms with Gasteiger partial charge in [-0.2, -0.15) is 0 Å². The van der Waals surface area contributed by atoms with Crippen molar-refractivity contribution < 1.29 is 0 Å². The molecule has 3 atom stereocenters. The molecule has 0 saturated heterocycles. The third-order valence-corrected chi connectivity index (χ3v) is 4.28.